The highest BCUT2D eigenvalue weighted by Crippen LogP contribution is 2.14. The standard InChI is InChI=1S/C16H22FN3O3.ClH/c1-19(8-9-21)15(22)10-14-16(23)20(7-6-18-14)11-12-4-2-3-5-13(12)17;/h2-5,14,18,21H,6-11H2,1H3;1H. The molecule has 0 bridgehead atoms. The smallest absolute Gasteiger partial charge is 0.240 e. The number of halogens is 2. The summed E-state index contributed by atoms with van der Waals surface area (Å²) in [6, 6.07) is 5.75. The van der Waals surface area contributed by atoms with Crippen molar-refractivity contribution in [1.82, 2.24) is 15.1 Å². The summed E-state index contributed by atoms with van der Waals surface area (Å²) in [6.07, 6.45) is 0.0309. The Morgan fingerprint density at radius 3 is 2.83 bits per heavy atom. The van der Waals surface area contributed by atoms with Crippen molar-refractivity contribution in [3.05, 3.63) is 35.6 Å². The molecule has 1 aliphatic rings. The van der Waals surface area contributed by atoms with E-state index >= 15 is 0 Å². The number of nitrogens with one attached hydrogen (secondary N) is 1. The minimum Gasteiger partial charge on any atom is -0.395 e. The van der Waals surface area contributed by atoms with E-state index in [-0.39, 0.29) is 56.2 Å². The average Bonchev–Trinajstić information content (AvgIpc) is 2.53. The van der Waals surface area contributed by atoms with Crippen LogP contribution in [0.2, 0.25) is 0 Å². The predicted molar refractivity (Wildman–Crippen MR) is 90.2 cm³/mol. The van der Waals surface area contributed by atoms with Crippen LogP contribution in [0.3, 0.4) is 0 Å². The van der Waals surface area contributed by atoms with Crippen molar-refractivity contribution in [2.45, 2.75) is 19.0 Å². The SMILES string of the molecule is CN(CCO)C(=O)CC1NCCN(Cc2ccccc2F)C1=O.Cl. The second-order valence-corrected chi connectivity index (χ2v) is 5.60. The number of aliphatic hydroxyl groups is 1. The first-order valence-corrected chi connectivity index (χ1v) is 7.63. The predicted octanol–water partition coefficient (Wildman–Crippen LogP) is 0.389. The van der Waals surface area contributed by atoms with E-state index < -0.39 is 6.04 Å². The molecule has 24 heavy (non-hydrogen) atoms. The fourth-order valence-electron chi connectivity index (χ4n) is 2.55. The van der Waals surface area contributed by atoms with Gasteiger partial charge in [0.25, 0.3) is 0 Å². The molecule has 0 saturated carbocycles. The van der Waals surface area contributed by atoms with Crippen LogP contribution >= 0.6 is 12.4 Å². The number of likely N-dealkylation sites (N-methyl/N-ethyl adjacent to an activating group) is 1. The van der Waals surface area contributed by atoms with Gasteiger partial charge in [0.1, 0.15) is 5.82 Å². The summed E-state index contributed by atoms with van der Waals surface area (Å²) in [5.74, 6) is -0.753. The van der Waals surface area contributed by atoms with Crippen LogP contribution in [0, 0.1) is 5.82 Å². The molecule has 1 saturated heterocycles. The van der Waals surface area contributed by atoms with Crippen LogP contribution in [-0.2, 0) is 16.1 Å². The minimum atomic E-state index is -0.607. The van der Waals surface area contributed by atoms with E-state index in [1.807, 2.05) is 0 Å². The first-order chi connectivity index (χ1) is 11.0. The van der Waals surface area contributed by atoms with Crippen molar-refractivity contribution < 1.29 is 19.1 Å². The maximum absolute atomic E-state index is 13.7. The number of piperazine rings is 1. The summed E-state index contributed by atoms with van der Waals surface area (Å²) >= 11 is 0. The Bertz CT molecular complexity index is 573. The van der Waals surface area contributed by atoms with Gasteiger partial charge in [0.2, 0.25) is 11.8 Å². The van der Waals surface area contributed by atoms with E-state index in [0.29, 0.717) is 18.7 Å². The zero-order chi connectivity index (χ0) is 16.8. The van der Waals surface area contributed by atoms with Crippen molar-refractivity contribution in [2.24, 2.45) is 0 Å². The number of rotatable bonds is 6. The number of aliphatic hydroxyl groups excluding tert-OH is 1. The van der Waals surface area contributed by atoms with Crippen molar-refractivity contribution >= 4 is 24.2 Å². The van der Waals surface area contributed by atoms with Gasteiger partial charge < -0.3 is 20.2 Å². The second kappa shape index (κ2) is 9.56. The van der Waals surface area contributed by atoms with Crippen LogP contribution in [-0.4, -0.2) is 66.1 Å². The van der Waals surface area contributed by atoms with Gasteiger partial charge in [-0.1, -0.05) is 18.2 Å². The molecule has 6 nitrogen and oxygen atoms in total. The zero-order valence-electron chi connectivity index (χ0n) is 13.6. The molecule has 0 aromatic heterocycles. The van der Waals surface area contributed by atoms with Crippen LogP contribution in [0.5, 0.6) is 0 Å². The van der Waals surface area contributed by atoms with Gasteiger partial charge in [-0.3, -0.25) is 9.59 Å². The summed E-state index contributed by atoms with van der Waals surface area (Å²) in [4.78, 5) is 27.4. The number of nitrogens with zero attached hydrogens (tertiary/aromatic N) is 2. The normalized spacial score (nSPS) is 17.4. The third-order valence-corrected chi connectivity index (χ3v) is 3.94. The van der Waals surface area contributed by atoms with Gasteiger partial charge in [-0.2, -0.15) is 0 Å². The number of carbonyl (C=O) groups is 2. The van der Waals surface area contributed by atoms with Gasteiger partial charge >= 0.3 is 0 Å². The molecule has 1 aromatic rings. The van der Waals surface area contributed by atoms with Crippen LogP contribution in [0.1, 0.15) is 12.0 Å². The minimum absolute atomic E-state index is 0. The molecule has 1 heterocycles. The number of benzene rings is 1. The molecule has 1 fully saturated rings. The molecule has 0 radical (unpaired) electrons. The average molecular weight is 360 g/mol. The van der Waals surface area contributed by atoms with E-state index in [0.717, 1.165) is 0 Å². The Kier molecular flexibility index (Phi) is 8.10. The number of hydrogen-bond donors (Lipinski definition) is 2. The molecular weight excluding hydrogens is 337 g/mol. The van der Waals surface area contributed by atoms with Crippen molar-refractivity contribution in [2.75, 3.05) is 33.3 Å². The number of carbonyl (C=O) groups excluding carboxylic acids is 2. The summed E-state index contributed by atoms with van der Waals surface area (Å²) in [5.41, 5.74) is 0.463. The maximum Gasteiger partial charge on any atom is 0.240 e. The molecular formula is C16H23ClFN3O3. The van der Waals surface area contributed by atoms with Crippen molar-refractivity contribution in [3.8, 4) is 0 Å². The zero-order valence-corrected chi connectivity index (χ0v) is 14.4. The van der Waals surface area contributed by atoms with Crippen LogP contribution in [0.15, 0.2) is 24.3 Å². The first kappa shape index (κ1) is 20.3. The van der Waals surface area contributed by atoms with Crippen molar-refractivity contribution in [1.29, 1.82) is 0 Å². The fraction of sp³-hybridized carbons (Fsp3) is 0.500. The van der Waals surface area contributed by atoms with Gasteiger partial charge in [-0.15, -0.1) is 12.4 Å². The van der Waals surface area contributed by atoms with Gasteiger partial charge in [0.15, 0.2) is 0 Å². The van der Waals surface area contributed by atoms with E-state index in [1.54, 1.807) is 30.1 Å². The van der Waals surface area contributed by atoms with E-state index in [1.165, 1.54) is 11.0 Å². The quantitative estimate of drug-likeness (QED) is 0.770. The highest BCUT2D eigenvalue weighted by Gasteiger charge is 2.31. The topological polar surface area (TPSA) is 72.9 Å². The van der Waals surface area contributed by atoms with Crippen LogP contribution in [0.25, 0.3) is 0 Å². The number of hydrogen-bond acceptors (Lipinski definition) is 4. The molecule has 1 aliphatic heterocycles. The lowest BCUT2D eigenvalue weighted by Gasteiger charge is -2.33. The first-order valence-electron chi connectivity index (χ1n) is 7.63. The Morgan fingerprint density at radius 2 is 2.17 bits per heavy atom. The summed E-state index contributed by atoms with van der Waals surface area (Å²) in [5, 5.41) is 11.9. The Labute approximate surface area is 147 Å². The largest absolute Gasteiger partial charge is 0.395 e. The lowest BCUT2D eigenvalue weighted by atomic mass is 10.1. The van der Waals surface area contributed by atoms with Gasteiger partial charge in [-0.25, -0.2) is 4.39 Å². The third kappa shape index (κ3) is 5.15. The molecule has 2 rings (SSSR count). The summed E-state index contributed by atoms with van der Waals surface area (Å²) < 4.78 is 13.7. The molecule has 134 valence electrons. The Morgan fingerprint density at radius 1 is 1.46 bits per heavy atom. The molecule has 1 atom stereocenters. The highest BCUT2D eigenvalue weighted by molar-refractivity contribution is 5.88. The van der Waals surface area contributed by atoms with Gasteiger partial charge in [0.05, 0.1) is 19.1 Å². The summed E-state index contributed by atoms with van der Waals surface area (Å²) in [6.45, 7) is 1.35. The molecule has 0 spiro atoms. The fourth-order valence-corrected chi connectivity index (χ4v) is 2.55. The monoisotopic (exact) mass is 359 g/mol. The van der Waals surface area contributed by atoms with E-state index in [2.05, 4.69) is 5.32 Å². The van der Waals surface area contributed by atoms with Crippen molar-refractivity contribution in [3.63, 3.8) is 0 Å². The molecule has 0 aliphatic carbocycles. The lowest BCUT2D eigenvalue weighted by Crippen LogP contribution is -2.56. The summed E-state index contributed by atoms with van der Waals surface area (Å²) in [7, 11) is 1.59. The Hall–Kier alpha value is -1.70. The highest BCUT2D eigenvalue weighted by atomic mass is 35.5. The third-order valence-electron chi connectivity index (χ3n) is 3.94. The second-order valence-electron chi connectivity index (χ2n) is 5.60. The van der Waals surface area contributed by atoms with Crippen LogP contribution < -0.4 is 5.32 Å². The molecule has 2 N–H and O–H groups in total. The maximum atomic E-state index is 13.7. The van der Waals surface area contributed by atoms with E-state index in [4.69, 9.17) is 5.11 Å². The molecule has 1 unspecified atom stereocenters. The lowest BCUT2D eigenvalue weighted by molar-refractivity contribution is -0.141. The van der Waals surface area contributed by atoms with Gasteiger partial charge in [-0.05, 0) is 6.07 Å². The number of amides is 2. The Balaban J connectivity index is 0.00000288. The van der Waals surface area contributed by atoms with Gasteiger partial charge in [0, 0.05) is 38.8 Å². The van der Waals surface area contributed by atoms with E-state index in [9.17, 15) is 14.0 Å². The molecule has 2 amide bonds. The molecule has 8 heteroatoms. The molecule has 1 aromatic carbocycles. The van der Waals surface area contributed by atoms with Crippen LogP contribution in [0.4, 0.5) is 4.39 Å².